The molecule has 34 heavy (non-hydrogen) atoms. The van der Waals surface area contributed by atoms with E-state index in [4.69, 9.17) is 4.74 Å². The van der Waals surface area contributed by atoms with Gasteiger partial charge in [0.05, 0.1) is 19.6 Å². The highest BCUT2D eigenvalue weighted by Crippen LogP contribution is 2.16. The molecule has 3 aromatic rings. The first-order chi connectivity index (χ1) is 16.2. The summed E-state index contributed by atoms with van der Waals surface area (Å²) in [6.07, 6.45) is 0.324. The highest BCUT2D eigenvalue weighted by Gasteiger charge is 2.20. The third-order valence-corrected chi connectivity index (χ3v) is 5.33. The first-order valence-electron chi connectivity index (χ1n) is 10.9. The van der Waals surface area contributed by atoms with Crippen LogP contribution in [0.3, 0.4) is 0 Å². The van der Waals surface area contributed by atoms with Crippen LogP contribution in [0.4, 0.5) is 11.6 Å². The Balaban J connectivity index is 2.02. The Bertz CT molecular complexity index is 1290. The molecule has 2 aromatic carbocycles. The van der Waals surface area contributed by atoms with Crippen LogP contribution in [0.15, 0.2) is 58.1 Å². The van der Waals surface area contributed by atoms with Crippen molar-refractivity contribution in [3.8, 4) is 0 Å². The van der Waals surface area contributed by atoms with Crippen LogP contribution in [0.2, 0.25) is 0 Å². The number of nitrogens with one attached hydrogen (secondary N) is 1. The molecule has 1 N–H and O–H groups in total. The van der Waals surface area contributed by atoms with Crippen LogP contribution in [-0.4, -0.2) is 33.0 Å². The number of carbonyl (C=O) groups excluding carboxylic acids is 2. The van der Waals surface area contributed by atoms with Crippen LogP contribution in [0, 0.1) is 12.8 Å². The number of methoxy groups -OCH3 is 1. The Hall–Kier alpha value is -4.01. The zero-order chi connectivity index (χ0) is 24.8. The van der Waals surface area contributed by atoms with E-state index >= 15 is 0 Å². The molecule has 0 aliphatic heterocycles. The maximum Gasteiger partial charge on any atom is 0.354 e. The Kier molecular flexibility index (Phi) is 7.78. The van der Waals surface area contributed by atoms with E-state index in [1.165, 1.54) is 18.6 Å². The first-order valence-corrected chi connectivity index (χ1v) is 10.9. The van der Waals surface area contributed by atoms with Gasteiger partial charge in [0.2, 0.25) is 5.95 Å². The Morgan fingerprint density at radius 3 is 2.21 bits per heavy atom. The van der Waals surface area contributed by atoms with Gasteiger partial charge < -0.3 is 10.1 Å². The smallest absolute Gasteiger partial charge is 0.354 e. The third-order valence-electron chi connectivity index (χ3n) is 5.33. The van der Waals surface area contributed by atoms with Crippen molar-refractivity contribution in [2.24, 2.45) is 5.92 Å². The minimum absolute atomic E-state index is 0.0547. The lowest BCUT2D eigenvalue weighted by molar-refractivity contribution is -0.145. The van der Waals surface area contributed by atoms with Crippen molar-refractivity contribution < 1.29 is 14.3 Å². The predicted molar refractivity (Wildman–Crippen MR) is 128 cm³/mol. The molecule has 1 aromatic heterocycles. The second-order valence-electron chi connectivity index (χ2n) is 8.31. The molecule has 0 unspecified atom stereocenters. The largest absolute Gasteiger partial charge is 0.469 e. The molecule has 1 heterocycles. The molecule has 9 nitrogen and oxygen atoms in total. The summed E-state index contributed by atoms with van der Waals surface area (Å²) in [5.74, 6) is -1.09. The van der Waals surface area contributed by atoms with Crippen molar-refractivity contribution in [1.82, 2.24) is 14.1 Å². The predicted octanol–water partition coefficient (Wildman–Crippen LogP) is 2.45. The summed E-state index contributed by atoms with van der Waals surface area (Å²) >= 11 is 0. The van der Waals surface area contributed by atoms with Gasteiger partial charge in [-0.05, 0) is 37.1 Å². The van der Waals surface area contributed by atoms with Gasteiger partial charge in [-0.15, -0.1) is 0 Å². The molecule has 3 rings (SSSR count). The minimum atomic E-state index is -0.767. The van der Waals surface area contributed by atoms with E-state index in [9.17, 15) is 19.2 Å². The first kappa shape index (κ1) is 24.6. The van der Waals surface area contributed by atoms with Gasteiger partial charge in [0, 0.05) is 18.7 Å². The SMILES string of the molecule is COC(=O)[C@@H](C)Cn1c(=O)nc(Nc2ccc(CC(C)=O)cc2)n(Cc2ccc(C)cc2)c1=O. The number of ether oxygens (including phenoxy) is 1. The van der Waals surface area contributed by atoms with Gasteiger partial charge in [-0.25, -0.2) is 14.2 Å². The highest BCUT2D eigenvalue weighted by molar-refractivity contribution is 5.78. The van der Waals surface area contributed by atoms with Crippen molar-refractivity contribution in [2.45, 2.75) is 40.3 Å². The number of anilines is 2. The summed E-state index contributed by atoms with van der Waals surface area (Å²) < 4.78 is 7.02. The molecule has 0 saturated heterocycles. The molecule has 178 valence electrons. The summed E-state index contributed by atoms with van der Waals surface area (Å²) in [6, 6.07) is 14.8. The van der Waals surface area contributed by atoms with Crippen molar-refractivity contribution in [3.63, 3.8) is 0 Å². The molecule has 0 spiro atoms. The topological polar surface area (TPSA) is 112 Å². The Morgan fingerprint density at radius 1 is 1.00 bits per heavy atom. The third kappa shape index (κ3) is 6.06. The summed E-state index contributed by atoms with van der Waals surface area (Å²) in [4.78, 5) is 53.4. The van der Waals surface area contributed by atoms with Gasteiger partial charge in [0.1, 0.15) is 5.78 Å². The number of rotatable bonds is 9. The second kappa shape index (κ2) is 10.7. The maximum atomic E-state index is 13.4. The lowest BCUT2D eigenvalue weighted by atomic mass is 10.1. The number of carbonyl (C=O) groups is 2. The fraction of sp³-hybridized carbons (Fsp3) is 0.320. The number of aryl methyl sites for hydroxylation is 1. The van der Waals surface area contributed by atoms with Gasteiger partial charge >= 0.3 is 17.3 Å². The van der Waals surface area contributed by atoms with Crippen molar-refractivity contribution in [3.05, 3.63) is 86.2 Å². The molecule has 0 aliphatic rings. The number of esters is 1. The molecule has 0 radical (unpaired) electrons. The molecular formula is C25H28N4O5. The zero-order valence-corrected chi connectivity index (χ0v) is 19.7. The molecule has 1 atom stereocenters. The number of benzene rings is 2. The van der Waals surface area contributed by atoms with Crippen molar-refractivity contribution >= 4 is 23.4 Å². The van der Waals surface area contributed by atoms with E-state index < -0.39 is 23.3 Å². The molecule has 0 fully saturated rings. The number of hydrogen-bond donors (Lipinski definition) is 1. The molecule has 0 bridgehead atoms. The standard InChI is InChI=1S/C25H28N4O5/c1-16-5-7-20(8-6-16)15-28-23(26-21-11-9-19(10-12-21)13-18(3)30)27-24(32)29(25(28)33)14-17(2)22(31)34-4/h5-12,17H,13-15H2,1-4H3,(H,26,27,32)/t17-/m0/s1. The quantitative estimate of drug-likeness (QED) is 0.484. The summed E-state index contributed by atoms with van der Waals surface area (Å²) in [5.41, 5.74) is 2.03. The van der Waals surface area contributed by atoms with Gasteiger partial charge in [-0.2, -0.15) is 4.98 Å². The van der Waals surface area contributed by atoms with E-state index in [0.717, 1.165) is 21.3 Å². The summed E-state index contributed by atoms with van der Waals surface area (Å²) in [5, 5.41) is 3.04. The molecule has 0 aliphatic carbocycles. The van der Waals surface area contributed by atoms with Gasteiger partial charge in [-0.1, -0.05) is 48.9 Å². The Labute approximate surface area is 197 Å². The normalized spacial score (nSPS) is 11.6. The minimum Gasteiger partial charge on any atom is -0.469 e. The van der Waals surface area contributed by atoms with E-state index in [1.54, 1.807) is 31.2 Å². The van der Waals surface area contributed by atoms with E-state index in [-0.39, 0.29) is 24.8 Å². The molecule has 0 saturated carbocycles. The average molecular weight is 465 g/mol. The van der Waals surface area contributed by atoms with Crippen LogP contribution in [0.5, 0.6) is 0 Å². The fourth-order valence-electron chi connectivity index (χ4n) is 3.47. The number of ketones is 1. The van der Waals surface area contributed by atoms with Crippen molar-refractivity contribution in [2.75, 3.05) is 12.4 Å². The average Bonchev–Trinajstić information content (AvgIpc) is 2.80. The van der Waals surface area contributed by atoms with Crippen LogP contribution < -0.4 is 16.7 Å². The number of nitrogens with zero attached hydrogens (tertiary/aromatic N) is 3. The number of Topliss-reactive ketones (excluding diaryl/α,β-unsaturated/α-hetero) is 1. The summed E-state index contributed by atoms with van der Waals surface area (Å²) in [6.45, 7) is 5.09. The Morgan fingerprint density at radius 2 is 1.62 bits per heavy atom. The van der Waals surface area contributed by atoms with Gasteiger partial charge in [-0.3, -0.25) is 14.2 Å². The van der Waals surface area contributed by atoms with Crippen LogP contribution in [0.1, 0.15) is 30.5 Å². The number of hydrogen-bond acceptors (Lipinski definition) is 7. The molecule has 9 heteroatoms. The lowest BCUT2D eigenvalue weighted by Crippen LogP contribution is -2.44. The van der Waals surface area contributed by atoms with Crippen LogP contribution in [-0.2, 0) is 33.8 Å². The molecular weight excluding hydrogens is 436 g/mol. The fourth-order valence-corrected chi connectivity index (χ4v) is 3.47. The van der Waals surface area contributed by atoms with E-state index in [1.807, 2.05) is 31.2 Å². The number of aromatic nitrogens is 3. The zero-order valence-electron chi connectivity index (χ0n) is 19.7. The van der Waals surface area contributed by atoms with Gasteiger partial charge in [0.25, 0.3) is 0 Å². The van der Waals surface area contributed by atoms with Crippen molar-refractivity contribution in [1.29, 1.82) is 0 Å². The van der Waals surface area contributed by atoms with Gasteiger partial charge in [0.15, 0.2) is 0 Å². The van der Waals surface area contributed by atoms with Crippen LogP contribution >= 0.6 is 0 Å². The summed E-state index contributed by atoms with van der Waals surface area (Å²) in [7, 11) is 1.25. The van der Waals surface area contributed by atoms with E-state index in [0.29, 0.717) is 12.1 Å². The van der Waals surface area contributed by atoms with E-state index in [2.05, 4.69) is 10.3 Å². The highest BCUT2D eigenvalue weighted by atomic mass is 16.5. The maximum absolute atomic E-state index is 13.4. The van der Waals surface area contributed by atoms with Crippen LogP contribution in [0.25, 0.3) is 0 Å². The molecule has 0 amide bonds. The lowest BCUT2D eigenvalue weighted by Gasteiger charge is -2.17. The monoisotopic (exact) mass is 464 g/mol. The second-order valence-corrected chi connectivity index (χ2v) is 8.31.